The van der Waals surface area contributed by atoms with Crippen LogP contribution in [-0.2, 0) is 9.84 Å². The third-order valence-corrected chi connectivity index (χ3v) is 4.83. The zero-order chi connectivity index (χ0) is 19.2. The molecule has 136 valence electrons. The van der Waals surface area contributed by atoms with Crippen molar-refractivity contribution in [3.05, 3.63) is 46.1 Å². The molecule has 8 heteroatoms. The van der Waals surface area contributed by atoms with Crippen molar-refractivity contribution in [3.63, 3.8) is 0 Å². The minimum Gasteiger partial charge on any atom is -0.491 e. The summed E-state index contributed by atoms with van der Waals surface area (Å²) in [6, 6.07) is 6.56. The molecule has 0 aliphatic carbocycles. The van der Waals surface area contributed by atoms with Crippen molar-refractivity contribution in [2.45, 2.75) is 24.8 Å². The maximum absolute atomic E-state index is 12.9. The number of aromatic carboxylic acids is 1. The van der Waals surface area contributed by atoms with E-state index < -0.39 is 21.2 Å². The molecule has 0 aliphatic heterocycles. The van der Waals surface area contributed by atoms with E-state index in [2.05, 4.69) is 0 Å². The van der Waals surface area contributed by atoms with Crippen LogP contribution >= 0.6 is 0 Å². The Kier molecular flexibility index (Phi) is 4.23. The van der Waals surface area contributed by atoms with Crippen molar-refractivity contribution in [3.8, 4) is 5.75 Å². The Bertz CT molecular complexity index is 1200. The molecule has 3 aromatic rings. The van der Waals surface area contributed by atoms with E-state index in [-0.39, 0.29) is 44.3 Å². The summed E-state index contributed by atoms with van der Waals surface area (Å²) in [6.45, 7) is 3.54. The molecule has 0 spiro atoms. The maximum atomic E-state index is 12.9. The smallest absolute Gasteiger partial charge is 0.335 e. The van der Waals surface area contributed by atoms with Crippen molar-refractivity contribution >= 4 is 37.7 Å². The van der Waals surface area contributed by atoms with E-state index in [0.717, 1.165) is 6.26 Å². The number of benzene rings is 2. The lowest BCUT2D eigenvalue weighted by atomic mass is 10.1. The van der Waals surface area contributed by atoms with Crippen molar-refractivity contribution in [2.24, 2.45) is 0 Å². The Morgan fingerprint density at radius 2 is 1.85 bits per heavy atom. The molecule has 1 aromatic heterocycles. The van der Waals surface area contributed by atoms with Crippen LogP contribution in [0.1, 0.15) is 24.2 Å². The number of rotatable bonds is 4. The molecule has 0 bridgehead atoms. The average molecular weight is 376 g/mol. The summed E-state index contributed by atoms with van der Waals surface area (Å²) in [5.74, 6) is -0.964. The van der Waals surface area contributed by atoms with Crippen LogP contribution in [0.15, 0.2) is 44.4 Å². The molecule has 0 radical (unpaired) electrons. The van der Waals surface area contributed by atoms with Gasteiger partial charge in [-0.05, 0) is 38.1 Å². The molecule has 1 N–H and O–H groups in total. The predicted molar refractivity (Wildman–Crippen MR) is 95.8 cm³/mol. The minimum absolute atomic E-state index is 0.0126. The number of carboxylic acids is 1. The van der Waals surface area contributed by atoms with Gasteiger partial charge in [0.1, 0.15) is 16.2 Å². The molecule has 0 amide bonds. The summed E-state index contributed by atoms with van der Waals surface area (Å²) < 4.78 is 35.6. The van der Waals surface area contributed by atoms with Gasteiger partial charge >= 0.3 is 5.97 Å². The number of hydrogen-bond acceptors (Lipinski definition) is 6. The van der Waals surface area contributed by atoms with Gasteiger partial charge < -0.3 is 14.3 Å². The van der Waals surface area contributed by atoms with Crippen LogP contribution in [0.4, 0.5) is 0 Å². The molecule has 0 fully saturated rings. The van der Waals surface area contributed by atoms with Crippen LogP contribution < -0.4 is 10.2 Å². The van der Waals surface area contributed by atoms with E-state index in [9.17, 15) is 18.0 Å². The van der Waals surface area contributed by atoms with Crippen LogP contribution in [0.3, 0.4) is 0 Å². The Balaban J connectivity index is 2.47. The van der Waals surface area contributed by atoms with E-state index in [0.29, 0.717) is 0 Å². The van der Waals surface area contributed by atoms with Gasteiger partial charge in [0, 0.05) is 12.3 Å². The fourth-order valence-electron chi connectivity index (χ4n) is 2.65. The van der Waals surface area contributed by atoms with Gasteiger partial charge in [0.15, 0.2) is 15.4 Å². The molecule has 0 unspecified atom stereocenters. The molecular formula is C18H16O7S. The number of fused-ring (bicyclic) bond motifs is 2. The Morgan fingerprint density at radius 3 is 2.42 bits per heavy atom. The predicted octanol–water partition coefficient (Wildman–Crippen LogP) is 2.84. The molecule has 7 nitrogen and oxygen atoms in total. The molecule has 26 heavy (non-hydrogen) atoms. The lowest BCUT2D eigenvalue weighted by molar-refractivity contribution is 0.0697. The van der Waals surface area contributed by atoms with E-state index in [1.165, 1.54) is 30.3 Å². The molecule has 3 rings (SSSR count). The number of sulfone groups is 1. The monoisotopic (exact) mass is 376 g/mol. The first-order chi connectivity index (χ1) is 12.1. The van der Waals surface area contributed by atoms with Gasteiger partial charge in [-0.2, -0.15) is 0 Å². The third-order valence-electron chi connectivity index (χ3n) is 3.73. The largest absolute Gasteiger partial charge is 0.491 e. The second-order valence-corrected chi connectivity index (χ2v) is 8.17. The second-order valence-electron chi connectivity index (χ2n) is 6.18. The molecule has 0 saturated heterocycles. The number of ether oxygens (including phenoxy) is 1. The van der Waals surface area contributed by atoms with Gasteiger partial charge in [0.25, 0.3) is 0 Å². The number of carboxylic acid groups (broad SMARTS) is 1. The van der Waals surface area contributed by atoms with Gasteiger partial charge in [0.05, 0.1) is 22.4 Å². The Hall–Kier alpha value is -2.87. The summed E-state index contributed by atoms with van der Waals surface area (Å²) in [5, 5.41) is 9.18. The second kappa shape index (κ2) is 6.14. The van der Waals surface area contributed by atoms with Crippen molar-refractivity contribution in [1.82, 2.24) is 0 Å². The molecular weight excluding hydrogens is 360 g/mol. The topological polar surface area (TPSA) is 111 Å². The lowest BCUT2D eigenvalue weighted by Gasteiger charge is -2.13. The van der Waals surface area contributed by atoms with Crippen molar-refractivity contribution < 1.29 is 27.5 Å². The highest BCUT2D eigenvalue weighted by atomic mass is 32.2. The summed E-state index contributed by atoms with van der Waals surface area (Å²) in [5.41, 5.74) is -0.565. The molecule has 0 atom stereocenters. The molecule has 2 aromatic carbocycles. The van der Waals surface area contributed by atoms with E-state index >= 15 is 0 Å². The van der Waals surface area contributed by atoms with Crippen molar-refractivity contribution in [1.29, 1.82) is 0 Å². The van der Waals surface area contributed by atoms with Crippen LogP contribution in [0, 0.1) is 0 Å². The average Bonchev–Trinajstić information content (AvgIpc) is 2.53. The van der Waals surface area contributed by atoms with Crippen molar-refractivity contribution in [2.75, 3.05) is 6.26 Å². The molecule has 1 heterocycles. The number of carbonyl (C=O) groups is 1. The van der Waals surface area contributed by atoms with Gasteiger partial charge in [-0.25, -0.2) is 13.2 Å². The van der Waals surface area contributed by atoms with Gasteiger partial charge in [-0.15, -0.1) is 0 Å². The first kappa shape index (κ1) is 17.9. The third kappa shape index (κ3) is 3.15. The first-order valence-corrected chi connectivity index (χ1v) is 9.61. The van der Waals surface area contributed by atoms with E-state index in [1.807, 2.05) is 0 Å². The normalized spacial score (nSPS) is 12.0. The maximum Gasteiger partial charge on any atom is 0.335 e. The van der Waals surface area contributed by atoms with Gasteiger partial charge in [-0.1, -0.05) is 0 Å². The zero-order valence-electron chi connectivity index (χ0n) is 14.3. The minimum atomic E-state index is -3.70. The lowest BCUT2D eigenvalue weighted by Crippen LogP contribution is -2.10. The Morgan fingerprint density at radius 1 is 1.15 bits per heavy atom. The highest BCUT2D eigenvalue weighted by Crippen LogP contribution is 2.30. The SMILES string of the molecule is CC(C)Oc1cc(S(C)(=O)=O)c2oc3ccc(C(=O)O)cc3c(=O)c2c1. The first-order valence-electron chi connectivity index (χ1n) is 7.72. The van der Waals surface area contributed by atoms with Gasteiger partial charge in [0.2, 0.25) is 5.43 Å². The highest BCUT2D eigenvalue weighted by Gasteiger charge is 2.21. The summed E-state index contributed by atoms with van der Waals surface area (Å²) >= 11 is 0. The van der Waals surface area contributed by atoms with Gasteiger partial charge in [-0.3, -0.25) is 4.79 Å². The molecule has 0 aliphatic rings. The van der Waals surface area contributed by atoms with Crippen LogP contribution in [-0.4, -0.2) is 31.9 Å². The summed E-state index contributed by atoms with van der Waals surface area (Å²) in [7, 11) is -3.70. The highest BCUT2D eigenvalue weighted by molar-refractivity contribution is 7.91. The van der Waals surface area contributed by atoms with E-state index in [4.69, 9.17) is 14.3 Å². The van der Waals surface area contributed by atoms with Crippen LogP contribution in [0.2, 0.25) is 0 Å². The number of hydrogen-bond donors (Lipinski definition) is 1. The summed E-state index contributed by atoms with van der Waals surface area (Å²) in [6.07, 6.45) is 0.782. The quantitative estimate of drug-likeness (QED) is 0.697. The van der Waals surface area contributed by atoms with E-state index in [1.54, 1.807) is 13.8 Å². The zero-order valence-corrected chi connectivity index (χ0v) is 15.1. The van der Waals surface area contributed by atoms with Crippen LogP contribution in [0.5, 0.6) is 5.75 Å². The molecule has 0 saturated carbocycles. The standard InChI is InChI=1S/C18H16O7S/c1-9(2)24-11-7-13-16(19)12-6-10(18(20)21)4-5-14(12)25-17(13)15(8-11)26(3,22)23/h4-9H,1-3H3,(H,20,21). The fraction of sp³-hybridized carbons (Fsp3) is 0.222. The fourth-order valence-corrected chi connectivity index (χ4v) is 3.47. The summed E-state index contributed by atoms with van der Waals surface area (Å²) in [4.78, 5) is 23.9. The Labute approximate surface area is 148 Å². The van der Waals surface area contributed by atoms with Crippen LogP contribution in [0.25, 0.3) is 21.9 Å².